The summed E-state index contributed by atoms with van der Waals surface area (Å²) in [6, 6.07) is 8.77. The summed E-state index contributed by atoms with van der Waals surface area (Å²) in [5.41, 5.74) is 8.36. The van der Waals surface area contributed by atoms with E-state index in [1.54, 1.807) is 0 Å². The van der Waals surface area contributed by atoms with Crippen molar-refractivity contribution in [2.24, 2.45) is 11.7 Å². The second kappa shape index (κ2) is 6.54. The summed E-state index contributed by atoms with van der Waals surface area (Å²) in [5, 5.41) is 3.57. The van der Waals surface area contributed by atoms with Crippen LogP contribution in [0.25, 0.3) is 0 Å². The Morgan fingerprint density at radius 1 is 1.19 bits per heavy atom. The van der Waals surface area contributed by atoms with E-state index < -0.39 is 0 Å². The average Bonchev–Trinajstić information content (AvgIpc) is 2.31. The third-order valence-corrected chi connectivity index (χ3v) is 3.36. The van der Waals surface area contributed by atoms with Gasteiger partial charge in [-0.15, -0.1) is 0 Å². The van der Waals surface area contributed by atoms with E-state index in [4.69, 9.17) is 5.73 Å². The summed E-state index contributed by atoms with van der Waals surface area (Å²) in [6.45, 7) is 7.29. The van der Waals surface area contributed by atoms with Gasteiger partial charge in [-0.2, -0.15) is 0 Å². The summed E-state index contributed by atoms with van der Waals surface area (Å²) in [6.07, 6.45) is 2.36. The maximum atomic E-state index is 5.86. The van der Waals surface area contributed by atoms with Crippen molar-refractivity contribution >= 4 is 5.69 Å². The maximum absolute atomic E-state index is 5.86. The molecule has 90 valence electrons. The molecule has 1 aromatic carbocycles. The number of rotatable bonds is 6. The smallest absolute Gasteiger partial charge is 0.0411 e. The fourth-order valence-electron chi connectivity index (χ4n) is 2.16. The highest BCUT2D eigenvalue weighted by molar-refractivity contribution is 5.51. The molecule has 0 amide bonds. The predicted molar refractivity (Wildman–Crippen MR) is 71.7 cm³/mol. The SMILES string of the molecule is CCC(CC)C(CN)Nc1ccccc1C. The zero-order chi connectivity index (χ0) is 12.0. The van der Waals surface area contributed by atoms with Crippen LogP contribution in [0, 0.1) is 12.8 Å². The van der Waals surface area contributed by atoms with Crippen LogP contribution in [-0.4, -0.2) is 12.6 Å². The quantitative estimate of drug-likeness (QED) is 0.772. The highest BCUT2D eigenvalue weighted by Gasteiger charge is 2.16. The Hall–Kier alpha value is -1.02. The molecule has 0 aromatic heterocycles. The van der Waals surface area contributed by atoms with Crippen molar-refractivity contribution in [3.63, 3.8) is 0 Å². The summed E-state index contributed by atoms with van der Waals surface area (Å²) in [5.74, 6) is 0.657. The van der Waals surface area contributed by atoms with Gasteiger partial charge in [0.15, 0.2) is 0 Å². The van der Waals surface area contributed by atoms with E-state index in [1.165, 1.54) is 24.1 Å². The van der Waals surface area contributed by atoms with Crippen LogP contribution in [0.2, 0.25) is 0 Å². The molecule has 16 heavy (non-hydrogen) atoms. The predicted octanol–water partition coefficient (Wildman–Crippen LogP) is 3.17. The highest BCUT2D eigenvalue weighted by atomic mass is 14.9. The molecule has 2 nitrogen and oxygen atoms in total. The monoisotopic (exact) mass is 220 g/mol. The number of anilines is 1. The highest BCUT2D eigenvalue weighted by Crippen LogP contribution is 2.20. The summed E-state index contributed by atoms with van der Waals surface area (Å²) in [7, 11) is 0. The van der Waals surface area contributed by atoms with Crippen molar-refractivity contribution in [2.75, 3.05) is 11.9 Å². The average molecular weight is 220 g/mol. The molecule has 1 rings (SSSR count). The van der Waals surface area contributed by atoms with Gasteiger partial charge in [0.25, 0.3) is 0 Å². The Morgan fingerprint density at radius 3 is 2.31 bits per heavy atom. The van der Waals surface area contributed by atoms with Crippen molar-refractivity contribution < 1.29 is 0 Å². The minimum absolute atomic E-state index is 0.385. The van der Waals surface area contributed by atoms with E-state index >= 15 is 0 Å². The molecule has 0 heterocycles. The first-order valence-electron chi connectivity index (χ1n) is 6.25. The van der Waals surface area contributed by atoms with E-state index in [0.29, 0.717) is 18.5 Å². The number of nitrogens with two attached hydrogens (primary N) is 1. The molecular weight excluding hydrogens is 196 g/mol. The molecule has 1 unspecified atom stereocenters. The maximum Gasteiger partial charge on any atom is 0.0411 e. The molecule has 3 N–H and O–H groups in total. The van der Waals surface area contributed by atoms with Gasteiger partial charge in [0.05, 0.1) is 0 Å². The number of hydrogen-bond acceptors (Lipinski definition) is 2. The zero-order valence-electron chi connectivity index (χ0n) is 10.7. The van der Waals surface area contributed by atoms with Crippen LogP contribution < -0.4 is 11.1 Å². The summed E-state index contributed by atoms with van der Waals surface area (Å²) in [4.78, 5) is 0. The van der Waals surface area contributed by atoms with Crippen LogP contribution in [0.15, 0.2) is 24.3 Å². The van der Waals surface area contributed by atoms with Crippen LogP contribution in [0.4, 0.5) is 5.69 Å². The Balaban J connectivity index is 2.73. The minimum Gasteiger partial charge on any atom is -0.381 e. The Bertz CT molecular complexity index is 305. The lowest BCUT2D eigenvalue weighted by atomic mass is 9.93. The second-order valence-electron chi connectivity index (χ2n) is 4.38. The Kier molecular flexibility index (Phi) is 5.33. The Labute approximate surface area is 99.2 Å². The first-order chi connectivity index (χ1) is 7.72. The standard InChI is InChI=1S/C14H24N2/c1-4-12(5-2)14(10-15)16-13-9-7-6-8-11(13)3/h6-9,12,14,16H,4-5,10,15H2,1-3H3. The van der Waals surface area contributed by atoms with E-state index in [-0.39, 0.29) is 0 Å². The molecule has 0 aliphatic heterocycles. The zero-order valence-corrected chi connectivity index (χ0v) is 10.7. The molecule has 2 heteroatoms. The summed E-state index contributed by atoms with van der Waals surface area (Å²) >= 11 is 0. The number of benzene rings is 1. The van der Waals surface area contributed by atoms with Gasteiger partial charge in [0.1, 0.15) is 0 Å². The topological polar surface area (TPSA) is 38.0 Å². The molecule has 0 saturated heterocycles. The van der Waals surface area contributed by atoms with Gasteiger partial charge in [-0.3, -0.25) is 0 Å². The molecule has 0 saturated carbocycles. The molecule has 0 bridgehead atoms. The molecule has 0 radical (unpaired) electrons. The number of hydrogen-bond donors (Lipinski definition) is 2. The van der Waals surface area contributed by atoms with Gasteiger partial charge in [-0.25, -0.2) is 0 Å². The molecule has 0 fully saturated rings. The molecule has 0 spiro atoms. The fraction of sp³-hybridized carbons (Fsp3) is 0.571. The molecular formula is C14H24N2. The first-order valence-corrected chi connectivity index (χ1v) is 6.25. The van der Waals surface area contributed by atoms with Crippen molar-refractivity contribution in [3.8, 4) is 0 Å². The van der Waals surface area contributed by atoms with Gasteiger partial charge in [0, 0.05) is 18.3 Å². The van der Waals surface area contributed by atoms with Gasteiger partial charge in [-0.05, 0) is 24.5 Å². The van der Waals surface area contributed by atoms with Crippen molar-refractivity contribution in [1.82, 2.24) is 0 Å². The van der Waals surface area contributed by atoms with E-state index in [2.05, 4.69) is 50.4 Å². The Morgan fingerprint density at radius 2 is 1.81 bits per heavy atom. The van der Waals surface area contributed by atoms with E-state index in [0.717, 1.165) is 0 Å². The van der Waals surface area contributed by atoms with E-state index in [9.17, 15) is 0 Å². The van der Waals surface area contributed by atoms with Gasteiger partial charge in [0.2, 0.25) is 0 Å². The minimum atomic E-state index is 0.385. The lowest BCUT2D eigenvalue weighted by molar-refractivity contribution is 0.422. The molecule has 0 aliphatic rings. The lowest BCUT2D eigenvalue weighted by Gasteiger charge is -2.26. The van der Waals surface area contributed by atoms with Gasteiger partial charge >= 0.3 is 0 Å². The van der Waals surface area contributed by atoms with Gasteiger partial charge in [-0.1, -0.05) is 44.9 Å². The van der Waals surface area contributed by atoms with Crippen LogP contribution in [0.5, 0.6) is 0 Å². The van der Waals surface area contributed by atoms with Crippen LogP contribution in [0.3, 0.4) is 0 Å². The molecule has 0 aliphatic carbocycles. The number of para-hydroxylation sites is 1. The lowest BCUT2D eigenvalue weighted by Crippen LogP contribution is -2.36. The third-order valence-electron chi connectivity index (χ3n) is 3.36. The largest absolute Gasteiger partial charge is 0.381 e. The fourth-order valence-corrected chi connectivity index (χ4v) is 2.16. The third kappa shape index (κ3) is 3.24. The molecule has 1 atom stereocenters. The van der Waals surface area contributed by atoms with Crippen molar-refractivity contribution in [1.29, 1.82) is 0 Å². The van der Waals surface area contributed by atoms with Crippen LogP contribution in [-0.2, 0) is 0 Å². The molecule has 1 aromatic rings. The van der Waals surface area contributed by atoms with Crippen LogP contribution in [0.1, 0.15) is 32.3 Å². The van der Waals surface area contributed by atoms with Gasteiger partial charge < -0.3 is 11.1 Å². The van der Waals surface area contributed by atoms with E-state index in [1.807, 2.05) is 0 Å². The number of nitrogens with one attached hydrogen (secondary N) is 1. The normalized spacial score (nSPS) is 12.8. The van der Waals surface area contributed by atoms with Crippen molar-refractivity contribution in [3.05, 3.63) is 29.8 Å². The first kappa shape index (κ1) is 13.0. The summed E-state index contributed by atoms with van der Waals surface area (Å²) < 4.78 is 0. The van der Waals surface area contributed by atoms with Crippen LogP contribution >= 0.6 is 0 Å². The van der Waals surface area contributed by atoms with Crippen molar-refractivity contribution in [2.45, 2.75) is 39.7 Å². The second-order valence-corrected chi connectivity index (χ2v) is 4.38. The number of aryl methyl sites for hydroxylation is 1.